The Morgan fingerprint density at radius 3 is 2.90 bits per heavy atom. The fraction of sp³-hybridized carbons (Fsp3) is 0.562. The lowest BCUT2D eigenvalue weighted by Gasteiger charge is -2.42. The van der Waals surface area contributed by atoms with Gasteiger partial charge >= 0.3 is 0 Å². The van der Waals surface area contributed by atoms with Gasteiger partial charge in [0.25, 0.3) is 5.91 Å². The predicted molar refractivity (Wildman–Crippen MR) is 79.4 cm³/mol. The first-order chi connectivity index (χ1) is 9.44. The summed E-state index contributed by atoms with van der Waals surface area (Å²) in [6, 6.07) is 7.81. The van der Waals surface area contributed by atoms with E-state index in [1.54, 1.807) is 7.11 Å². The lowest BCUT2D eigenvalue weighted by atomic mass is 9.79. The molecule has 1 heterocycles. The molecule has 0 bridgehead atoms. The first-order valence-corrected chi connectivity index (χ1v) is 7.07. The van der Waals surface area contributed by atoms with Crippen molar-refractivity contribution >= 4 is 5.91 Å². The zero-order valence-corrected chi connectivity index (χ0v) is 12.6. The van der Waals surface area contributed by atoms with Crippen molar-refractivity contribution < 1.29 is 9.53 Å². The number of benzene rings is 1. The highest BCUT2D eigenvalue weighted by molar-refractivity contribution is 5.94. The molecule has 1 saturated heterocycles. The van der Waals surface area contributed by atoms with Crippen LogP contribution in [0.25, 0.3) is 0 Å². The molecule has 0 aliphatic carbocycles. The van der Waals surface area contributed by atoms with Gasteiger partial charge in [0, 0.05) is 31.8 Å². The number of rotatable bonds is 3. The second-order valence-electron chi connectivity index (χ2n) is 6.24. The molecule has 1 aliphatic rings. The number of hydrogen-bond donors (Lipinski definition) is 1. The third kappa shape index (κ3) is 3.19. The van der Waals surface area contributed by atoms with Gasteiger partial charge in [-0.3, -0.25) is 4.79 Å². The van der Waals surface area contributed by atoms with E-state index in [0.717, 1.165) is 24.1 Å². The quantitative estimate of drug-likeness (QED) is 0.919. The molecule has 2 N–H and O–H groups in total. The molecule has 1 amide bonds. The number of methoxy groups -OCH3 is 1. The number of ether oxygens (including phenoxy) is 1. The molecule has 0 saturated carbocycles. The monoisotopic (exact) mass is 276 g/mol. The van der Waals surface area contributed by atoms with Gasteiger partial charge in [-0.05, 0) is 29.5 Å². The van der Waals surface area contributed by atoms with E-state index in [1.807, 2.05) is 29.2 Å². The standard InChI is InChI=1S/C16H24N2O2/c1-16(2)11-18(8-7-14(16)17)15(19)13-6-4-5-12(9-13)10-20-3/h4-6,9,14H,7-8,10-11,17H2,1-3H3. The summed E-state index contributed by atoms with van der Waals surface area (Å²) in [5.41, 5.74) is 7.84. The molecule has 0 aromatic heterocycles. The Balaban J connectivity index is 2.13. The molecule has 1 aromatic carbocycles. The maximum absolute atomic E-state index is 12.6. The van der Waals surface area contributed by atoms with E-state index in [4.69, 9.17) is 10.5 Å². The van der Waals surface area contributed by atoms with E-state index in [2.05, 4.69) is 13.8 Å². The summed E-state index contributed by atoms with van der Waals surface area (Å²) in [5, 5.41) is 0. The Kier molecular flexibility index (Phi) is 4.45. The first-order valence-electron chi connectivity index (χ1n) is 7.07. The average Bonchev–Trinajstić information content (AvgIpc) is 2.42. The summed E-state index contributed by atoms with van der Waals surface area (Å²) < 4.78 is 5.11. The highest BCUT2D eigenvalue weighted by Crippen LogP contribution is 2.28. The molecule has 1 aromatic rings. The molecule has 2 rings (SSSR count). The van der Waals surface area contributed by atoms with Gasteiger partial charge in [-0.1, -0.05) is 26.0 Å². The summed E-state index contributed by atoms with van der Waals surface area (Å²) in [6.45, 7) is 6.22. The van der Waals surface area contributed by atoms with Crippen LogP contribution in [0.4, 0.5) is 0 Å². The van der Waals surface area contributed by atoms with Crippen molar-refractivity contribution in [1.82, 2.24) is 4.90 Å². The maximum atomic E-state index is 12.6. The van der Waals surface area contributed by atoms with Crippen molar-refractivity contribution in [3.05, 3.63) is 35.4 Å². The van der Waals surface area contributed by atoms with Crippen LogP contribution in [-0.4, -0.2) is 37.0 Å². The number of likely N-dealkylation sites (tertiary alicyclic amines) is 1. The highest BCUT2D eigenvalue weighted by Gasteiger charge is 2.35. The molecular formula is C16H24N2O2. The number of hydrogen-bond acceptors (Lipinski definition) is 3. The van der Waals surface area contributed by atoms with Gasteiger partial charge in [0.2, 0.25) is 0 Å². The highest BCUT2D eigenvalue weighted by atomic mass is 16.5. The molecule has 1 aliphatic heterocycles. The van der Waals surface area contributed by atoms with Gasteiger partial charge in [0.15, 0.2) is 0 Å². The zero-order valence-electron chi connectivity index (χ0n) is 12.6. The van der Waals surface area contributed by atoms with E-state index >= 15 is 0 Å². The van der Waals surface area contributed by atoms with Crippen LogP contribution in [0.1, 0.15) is 36.2 Å². The average molecular weight is 276 g/mol. The summed E-state index contributed by atoms with van der Waals surface area (Å²) in [5.74, 6) is 0.0860. The van der Waals surface area contributed by atoms with Crippen LogP contribution in [0.15, 0.2) is 24.3 Å². The van der Waals surface area contributed by atoms with Gasteiger partial charge in [0.1, 0.15) is 0 Å². The number of nitrogens with two attached hydrogens (primary N) is 1. The van der Waals surface area contributed by atoms with Gasteiger partial charge in [0.05, 0.1) is 6.61 Å². The fourth-order valence-corrected chi connectivity index (χ4v) is 2.69. The van der Waals surface area contributed by atoms with Gasteiger partial charge in [-0.2, -0.15) is 0 Å². The molecule has 4 nitrogen and oxygen atoms in total. The Morgan fingerprint density at radius 1 is 1.50 bits per heavy atom. The third-order valence-electron chi connectivity index (χ3n) is 4.08. The van der Waals surface area contributed by atoms with Crippen molar-refractivity contribution in [3.8, 4) is 0 Å². The molecule has 4 heteroatoms. The Labute approximate surface area is 120 Å². The second kappa shape index (κ2) is 5.94. The van der Waals surface area contributed by atoms with Crippen LogP contribution in [0.2, 0.25) is 0 Å². The molecule has 0 radical (unpaired) electrons. The maximum Gasteiger partial charge on any atom is 0.253 e. The molecule has 1 atom stereocenters. The van der Waals surface area contributed by atoms with Crippen molar-refractivity contribution in [2.24, 2.45) is 11.1 Å². The lowest BCUT2D eigenvalue weighted by molar-refractivity contribution is 0.0532. The largest absolute Gasteiger partial charge is 0.380 e. The number of nitrogens with zero attached hydrogens (tertiary/aromatic N) is 1. The van der Waals surface area contributed by atoms with Gasteiger partial charge in [-0.25, -0.2) is 0 Å². The first kappa shape index (κ1) is 15.0. The van der Waals surface area contributed by atoms with Crippen LogP contribution < -0.4 is 5.73 Å². The van der Waals surface area contributed by atoms with Gasteiger partial charge in [-0.15, -0.1) is 0 Å². The Bertz CT molecular complexity index is 485. The Morgan fingerprint density at radius 2 is 2.25 bits per heavy atom. The molecule has 1 fully saturated rings. The van der Waals surface area contributed by atoms with Crippen molar-refractivity contribution in [3.63, 3.8) is 0 Å². The molecule has 1 unspecified atom stereocenters. The van der Waals surface area contributed by atoms with Crippen molar-refractivity contribution in [1.29, 1.82) is 0 Å². The van der Waals surface area contributed by atoms with E-state index in [1.165, 1.54) is 0 Å². The minimum Gasteiger partial charge on any atom is -0.380 e. The van der Waals surface area contributed by atoms with E-state index in [9.17, 15) is 4.79 Å². The number of carbonyl (C=O) groups excluding carboxylic acids is 1. The zero-order chi connectivity index (χ0) is 14.8. The summed E-state index contributed by atoms with van der Waals surface area (Å²) in [7, 11) is 1.66. The minimum absolute atomic E-state index is 0.0297. The minimum atomic E-state index is -0.0297. The fourth-order valence-electron chi connectivity index (χ4n) is 2.69. The van der Waals surface area contributed by atoms with Crippen LogP contribution in [0, 0.1) is 5.41 Å². The van der Waals surface area contributed by atoms with Crippen molar-refractivity contribution in [2.75, 3.05) is 20.2 Å². The number of amides is 1. The topological polar surface area (TPSA) is 55.6 Å². The predicted octanol–water partition coefficient (Wildman–Crippen LogP) is 2.03. The van der Waals surface area contributed by atoms with E-state index in [0.29, 0.717) is 13.2 Å². The van der Waals surface area contributed by atoms with E-state index < -0.39 is 0 Å². The van der Waals surface area contributed by atoms with Crippen LogP contribution in [0.5, 0.6) is 0 Å². The summed E-state index contributed by atoms with van der Waals surface area (Å²) >= 11 is 0. The summed E-state index contributed by atoms with van der Waals surface area (Å²) in [6.07, 6.45) is 0.858. The van der Waals surface area contributed by atoms with Crippen molar-refractivity contribution in [2.45, 2.75) is 32.9 Å². The second-order valence-corrected chi connectivity index (χ2v) is 6.24. The van der Waals surface area contributed by atoms with E-state index in [-0.39, 0.29) is 17.4 Å². The molecular weight excluding hydrogens is 252 g/mol. The SMILES string of the molecule is COCc1cccc(C(=O)N2CCC(N)C(C)(C)C2)c1. The Hall–Kier alpha value is -1.39. The summed E-state index contributed by atoms with van der Waals surface area (Å²) in [4.78, 5) is 14.5. The van der Waals surface area contributed by atoms with Crippen LogP contribution >= 0.6 is 0 Å². The van der Waals surface area contributed by atoms with Gasteiger partial charge < -0.3 is 15.4 Å². The normalized spacial score (nSPS) is 21.8. The van der Waals surface area contributed by atoms with Crippen LogP contribution in [0.3, 0.4) is 0 Å². The number of piperidine rings is 1. The lowest BCUT2D eigenvalue weighted by Crippen LogP contribution is -2.54. The number of carbonyl (C=O) groups is 1. The third-order valence-corrected chi connectivity index (χ3v) is 4.08. The molecule has 20 heavy (non-hydrogen) atoms. The molecule has 110 valence electrons. The molecule has 0 spiro atoms. The van der Waals surface area contributed by atoms with Crippen LogP contribution in [-0.2, 0) is 11.3 Å². The smallest absolute Gasteiger partial charge is 0.253 e.